The van der Waals surface area contributed by atoms with Gasteiger partial charge in [0, 0.05) is 31.4 Å². The van der Waals surface area contributed by atoms with Crippen LogP contribution in [0, 0.1) is 0 Å². The molecular weight excluding hydrogens is 260 g/mol. The second kappa shape index (κ2) is 6.68. The topological polar surface area (TPSA) is 41.1 Å². The van der Waals surface area contributed by atoms with Crippen LogP contribution in [0.4, 0.5) is 5.95 Å². The van der Waals surface area contributed by atoms with E-state index in [9.17, 15) is 0 Å². The van der Waals surface area contributed by atoms with Crippen LogP contribution < -0.4 is 10.2 Å². The van der Waals surface area contributed by atoms with Crippen LogP contribution in [0.1, 0.15) is 19.0 Å². The van der Waals surface area contributed by atoms with Crippen LogP contribution in [0.5, 0.6) is 0 Å². The van der Waals surface area contributed by atoms with Crippen molar-refractivity contribution in [1.82, 2.24) is 15.3 Å². The molecule has 0 atom stereocenters. The molecule has 0 spiro atoms. The Hall–Kier alpha value is -1.94. The molecule has 2 aromatic rings. The summed E-state index contributed by atoms with van der Waals surface area (Å²) >= 11 is 0. The van der Waals surface area contributed by atoms with E-state index in [2.05, 4.69) is 46.4 Å². The van der Waals surface area contributed by atoms with Crippen molar-refractivity contribution in [3.05, 3.63) is 42.2 Å². The third-order valence-electron chi connectivity index (χ3n) is 3.90. The molecule has 1 aromatic heterocycles. The summed E-state index contributed by atoms with van der Waals surface area (Å²) < 4.78 is 0. The average molecular weight is 282 g/mol. The molecule has 0 unspecified atom stereocenters. The molecule has 21 heavy (non-hydrogen) atoms. The van der Waals surface area contributed by atoms with Crippen LogP contribution in [-0.4, -0.2) is 36.1 Å². The Morgan fingerprint density at radius 1 is 1.14 bits per heavy atom. The van der Waals surface area contributed by atoms with Crippen molar-refractivity contribution < 1.29 is 0 Å². The van der Waals surface area contributed by atoms with Crippen molar-refractivity contribution in [2.24, 2.45) is 0 Å². The molecule has 2 heterocycles. The summed E-state index contributed by atoms with van der Waals surface area (Å²) in [5.74, 6) is 0.871. The zero-order valence-electron chi connectivity index (χ0n) is 12.5. The number of aromatic nitrogens is 2. The van der Waals surface area contributed by atoms with E-state index in [1.165, 1.54) is 5.56 Å². The van der Waals surface area contributed by atoms with Gasteiger partial charge in [0.05, 0.1) is 5.69 Å². The first-order chi connectivity index (χ1) is 10.4. The Balaban J connectivity index is 1.91. The lowest BCUT2D eigenvalue weighted by molar-refractivity contribution is 0.724. The maximum Gasteiger partial charge on any atom is 0.225 e. The van der Waals surface area contributed by atoms with Gasteiger partial charge in [-0.1, -0.05) is 37.3 Å². The zero-order chi connectivity index (χ0) is 14.5. The minimum atomic E-state index is 0.871. The summed E-state index contributed by atoms with van der Waals surface area (Å²) in [6.07, 6.45) is 4.05. The molecule has 1 aliphatic rings. The number of aryl methyl sites for hydroxylation is 1. The van der Waals surface area contributed by atoms with Gasteiger partial charge in [-0.2, -0.15) is 0 Å². The zero-order valence-corrected chi connectivity index (χ0v) is 12.5. The van der Waals surface area contributed by atoms with E-state index in [-0.39, 0.29) is 0 Å². The molecule has 0 bridgehead atoms. The van der Waals surface area contributed by atoms with Crippen molar-refractivity contribution in [2.75, 3.05) is 31.1 Å². The van der Waals surface area contributed by atoms with E-state index in [1.54, 1.807) is 0 Å². The second-order valence-electron chi connectivity index (χ2n) is 5.34. The SMILES string of the molecule is CCc1nc(N2CCCNCC2)ncc1-c1ccccc1. The maximum atomic E-state index is 4.82. The number of nitrogens with zero attached hydrogens (tertiary/aromatic N) is 3. The van der Waals surface area contributed by atoms with Gasteiger partial charge in [0.1, 0.15) is 0 Å². The van der Waals surface area contributed by atoms with Crippen molar-refractivity contribution in [3.8, 4) is 11.1 Å². The number of anilines is 1. The Bertz CT molecular complexity index is 575. The maximum absolute atomic E-state index is 4.82. The van der Waals surface area contributed by atoms with Crippen LogP contribution >= 0.6 is 0 Å². The molecule has 1 fully saturated rings. The molecule has 3 rings (SSSR count). The van der Waals surface area contributed by atoms with Gasteiger partial charge in [0.2, 0.25) is 5.95 Å². The van der Waals surface area contributed by atoms with Gasteiger partial charge in [0.25, 0.3) is 0 Å². The summed E-state index contributed by atoms with van der Waals surface area (Å²) in [4.78, 5) is 11.7. The fraction of sp³-hybridized carbons (Fsp3) is 0.412. The fourth-order valence-electron chi connectivity index (χ4n) is 2.73. The molecule has 1 saturated heterocycles. The normalized spacial score (nSPS) is 15.8. The lowest BCUT2D eigenvalue weighted by Crippen LogP contribution is -2.29. The number of hydrogen-bond donors (Lipinski definition) is 1. The van der Waals surface area contributed by atoms with E-state index in [4.69, 9.17) is 4.98 Å². The molecule has 4 nitrogen and oxygen atoms in total. The highest BCUT2D eigenvalue weighted by Gasteiger charge is 2.14. The predicted molar refractivity (Wildman–Crippen MR) is 86.5 cm³/mol. The van der Waals surface area contributed by atoms with Gasteiger partial charge in [-0.05, 0) is 24.9 Å². The lowest BCUT2D eigenvalue weighted by atomic mass is 10.0. The Labute approximate surface area is 126 Å². The van der Waals surface area contributed by atoms with E-state index < -0.39 is 0 Å². The highest BCUT2D eigenvalue weighted by atomic mass is 15.3. The Kier molecular flexibility index (Phi) is 4.46. The van der Waals surface area contributed by atoms with Gasteiger partial charge in [0.15, 0.2) is 0 Å². The third kappa shape index (κ3) is 3.22. The van der Waals surface area contributed by atoms with Crippen LogP contribution in [-0.2, 0) is 6.42 Å². The number of rotatable bonds is 3. The summed E-state index contributed by atoms with van der Waals surface area (Å²) in [5.41, 5.74) is 3.47. The van der Waals surface area contributed by atoms with Crippen LogP contribution in [0.25, 0.3) is 11.1 Å². The quantitative estimate of drug-likeness (QED) is 0.939. The van der Waals surface area contributed by atoms with Crippen LogP contribution in [0.2, 0.25) is 0 Å². The van der Waals surface area contributed by atoms with Gasteiger partial charge < -0.3 is 10.2 Å². The van der Waals surface area contributed by atoms with Gasteiger partial charge in [-0.25, -0.2) is 9.97 Å². The predicted octanol–water partition coefficient (Wildman–Crippen LogP) is 2.51. The smallest absolute Gasteiger partial charge is 0.225 e. The molecular formula is C17H22N4. The minimum absolute atomic E-state index is 0.871. The van der Waals surface area contributed by atoms with Crippen molar-refractivity contribution in [3.63, 3.8) is 0 Å². The van der Waals surface area contributed by atoms with Crippen LogP contribution in [0.15, 0.2) is 36.5 Å². The Morgan fingerprint density at radius 3 is 2.81 bits per heavy atom. The Morgan fingerprint density at radius 2 is 2.00 bits per heavy atom. The van der Waals surface area contributed by atoms with Crippen molar-refractivity contribution in [2.45, 2.75) is 19.8 Å². The number of nitrogens with one attached hydrogen (secondary N) is 1. The molecule has 1 aliphatic heterocycles. The lowest BCUT2D eigenvalue weighted by Gasteiger charge is -2.21. The van der Waals surface area contributed by atoms with Gasteiger partial charge >= 0.3 is 0 Å². The summed E-state index contributed by atoms with van der Waals surface area (Å²) in [7, 11) is 0. The molecule has 0 amide bonds. The van der Waals surface area contributed by atoms with E-state index in [1.807, 2.05) is 12.3 Å². The largest absolute Gasteiger partial charge is 0.339 e. The third-order valence-corrected chi connectivity index (χ3v) is 3.90. The van der Waals surface area contributed by atoms with E-state index in [0.717, 1.165) is 56.2 Å². The molecule has 0 saturated carbocycles. The number of hydrogen-bond acceptors (Lipinski definition) is 4. The molecule has 1 aromatic carbocycles. The molecule has 0 aliphatic carbocycles. The highest BCUT2D eigenvalue weighted by molar-refractivity contribution is 5.65. The summed E-state index contributed by atoms with van der Waals surface area (Å²) in [6.45, 7) is 6.25. The standard InChI is InChI=1S/C17H22N4/c1-2-16-15(14-7-4-3-5-8-14)13-19-17(20-16)21-11-6-9-18-10-12-21/h3-5,7-8,13,18H,2,6,9-12H2,1H3. The van der Waals surface area contributed by atoms with Crippen molar-refractivity contribution >= 4 is 5.95 Å². The summed E-state index contributed by atoms with van der Waals surface area (Å²) in [5, 5.41) is 3.42. The molecule has 4 heteroatoms. The monoisotopic (exact) mass is 282 g/mol. The van der Waals surface area contributed by atoms with Gasteiger partial charge in [-0.3, -0.25) is 0 Å². The van der Waals surface area contributed by atoms with Crippen molar-refractivity contribution in [1.29, 1.82) is 0 Å². The minimum Gasteiger partial charge on any atom is -0.339 e. The van der Waals surface area contributed by atoms with E-state index >= 15 is 0 Å². The summed E-state index contributed by atoms with van der Waals surface area (Å²) in [6, 6.07) is 10.4. The molecule has 0 radical (unpaired) electrons. The van der Waals surface area contributed by atoms with Crippen LogP contribution in [0.3, 0.4) is 0 Å². The number of benzene rings is 1. The first-order valence-corrected chi connectivity index (χ1v) is 7.75. The molecule has 110 valence electrons. The second-order valence-corrected chi connectivity index (χ2v) is 5.34. The van der Waals surface area contributed by atoms with Gasteiger partial charge in [-0.15, -0.1) is 0 Å². The molecule has 1 N–H and O–H groups in total. The first-order valence-electron chi connectivity index (χ1n) is 7.75. The van der Waals surface area contributed by atoms with E-state index in [0.29, 0.717) is 0 Å². The highest BCUT2D eigenvalue weighted by Crippen LogP contribution is 2.24. The average Bonchev–Trinajstić information content (AvgIpc) is 2.84. The fourth-order valence-corrected chi connectivity index (χ4v) is 2.73. The first kappa shape index (κ1) is 14.0.